The summed E-state index contributed by atoms with van der Waals surface area (Å²) in [4.78, 5) is 11.5. The number of hydroxylamine groups is 1. The first-order valence-corrected chi connectivity index (χ1v) is 22.3. The van der Waals surface area contributed by atoms with Gasteiger partial charge >= 0.3 is 164 Å². The van der Waals surface area contributed by atoms with Crippen LogP contribution in [0, 0.1) is 0 Å². The van der Waals surface area contributed by atoms with Crippen molar-refractivity contribution in [3.05, 3.63) is 29.8 Å². The molecule has 602 valence electrons. The molecule has 0 saturated carbocycles. The van der Waals surface area contributed by atoms with Gasteiger partial charge in [0.15, 0.2) is 0 Å². The van der Waals surface area contributed by atoms with Crippen LogP contribution in [0.15, 0.2) is 24.3 Å². The number of amides is 1. The normalized spacial score (nSPS) is 20.0. The third-order valence-electron chi connectivity index (χ3n) is 10.6. The van der Waals surface area contributed by atoms with Crippen LogP contribution < -0.4 is 16.7 Å². The van der Waals surface area contributed by atoms with E-state index in [9.17, 15) is 190 Å². The van der Waals surface area contributed by atoms with E-state index in [2.05, 4.69) is 4.76 Å². The quantitative estimate of drug-likeness (QED) is 0.0381. The molecule has 67 heteroatoms. The fraction of sp³-hybridized carbons (Fsp3) is 0.800. The van der Waals surface area contributed by atoms with Gasteiger partial charge in [-0.25, -0.2) is 5.48 Å². The van der Waals surface area contributed by atoms with E-state index < -0.39 is 200 Å². The third kappa shape index (κ3) is 16.4. The van der Waals surface area contributed by atoms with Crippen molar-refractivity contribution in [2.45, 2.75) is 164 Å². The number of alkyl halides is 53. The molecule has 0 aliphatic carbocycles. The molecule has 0 fully saturated rings. The van der Waals surface area contributed by atoms with Gasteiger partial charge in [0.2, 0.25) is 5.91 Å². The fourth-order valence-corrected chi connectivity index (χ4v) is 5.72. The van der Waals surface area contributed by atoms with E-state index in [-0.39, 0.29) is 18.2 Å². The van der Waals surface area contributed by atoms with E-state index in [0.717, 1.165) is 10.2 Å². The second kappa shape index (κ2) is 26.8. The Kier molecular flexibility index (Phi) is 24.9. The highest BCUT2D eigenvalue weighted by Gasteiger charge is 2.94. The summed E-state index contributed by atoms with van der Waals surface area (Å²) in [5, 5.41) is 9.96. The number of carbonyl (C=O) groups is 1. The highest BCUT2D eigenvalue weighted by molar-refractivity contribution is 6.60. The van der Waals surface area contributed by atoms with E-state index in [0.29, 0.717) is 28.4 Å². The van der Waals surface area contributed by atoms with Gasteiger partial charge in [-0.1, -0.05) is 24.3 Å². The standard InChI is InChI=1S/C35H12BF53N2O11/c37-10(19(47,48)49,7-3-1-2-4-8(7)36(93)102-91-9(92)5-6-90)94-29(76,77)12(40,21(53,54)55)96-31(80,81)14(42,23(59,60)61)98-33(84,85)16(44,25(65,66)67)100-35(88,89)18(46,27(71,72)73)101-34(86,87)17(45,26(68,69)70)99-32(82,83)15(43,24(62,63)64)97-30(78,79)13(41,22(56,57)58)95-28(74,75)11(38,39)20(50,51)52/h1-4,93H,5-6,90H2,(H,91,92). The zero-order chi connectivity index (χ0) is 82.6. The van der Waals surface area contributed by atoms with Gasteiger partial charge < -0.3 is 10.8 Å². The maximum Gasteiger partial charge on any atom is 0.514 e. The summed E-state index contributed by atoms with van der Waals surface area (Å²) in [6.45, 7) is -0.765. The molecule has 0 heterocycles. The SMILES string of the molecule is NCCC(=O)NOB(O)c1ccccc1C(F)(OC(F)(F)C(F)(OC(F)(F)C(F)(OC(F)(F)C(F)(OC(F)(F)C(F)(OC(F)(F)C(F)(OC(F)(F)C(F)(OC(F)(F)C(F)(OC(F)(F)C(F)(F)C(F)(F)F)C(F)(F)F)C(F)(F)F)C(F)(F)F)C(F)(F)F)C(F)(F)F)C(F)(F)F)C(F)(F)F)C(F)(F)F. The molecule has 4 N–H and O–H groups in total. The molecular weight excluding hydrogens is 1640 g/mol. The molecule has 1 aromatic rings. The lowest BCUT2D eigenvalue weighted by molar-refractivity contribution is -0.610. The Labute approximate surface area is 516 Å². The van der Waals surface area contributed by atoms with Gasteiger partial charge in [-0.15, -0.1) is 0 Å². The summed E-state index contributed by atoms with van der Waals surface area (Å²) in [6.07, 6.45) is -163. The summed E-state index contributed by atoms with van der Waals surface area (Å²) in [7, 11) is -3.67. The summed E-state index contributed by atoms with van der Waals surface area (Å²) in [6, 6.07) is -1.34. The molecule has 8 unspecified atom stereocenters. The minimum atomic E-state index is -10.3. The van der Waals surface area contributed by atoms with Crippen LogP contribution in [0.4, 0.5) is 233 Å². The van der Waals surface area contributed by atoms with Crippen molar-refractivity contribution in [1.29, 1.82) is 0 Å². The van der Waals surface area contributed by atoms with Crippen molar-refractivity contribution >= 4 is 18.5 Å². The third-order valence-corrected chi connectivity index (χ3v) is 10.6. The second-order valence-electron chi connectivity index (χ2n) is 17.9. The van der Waals surface area contributed by atoms with E-state index in [4.69, 9.17) is 5.73 Å². The lowest BCUT2D eigenvalue weighted by Crippen LogP contribution is -2.74. The average molecular weight is 1650 g/mol. The van der Waals surface area contributed by atoms with Crippen molar-refractivity contribution in [2.75, 3.05) is 6.54 Å². The lowest BCUT2D eigenvalue weighted by Gasteiger charge is -2.45. The van der Waals surface area contributed by atoms with Crippen LogP contribution in [0.1, 0.15) is 12.0 Å². The molecule has 102 heavy (non-hydrogen) atoms. The maximum atomic E-state index is 15.8. The Morgan fingerprint density at radius 3 is 0.716 bits per heavy atom. The highest BCUT2D eigenvalue weighted by atomic mass is 19.5. The van der Waals surface area contributed by atoms with E-state index in [1.54, 1.807) is 0 Å². The van der Waals surface area contributed by atoms with Crippen LogP contribution in [-0.4, -0.2) is 176 Å². The number of hydrogen-bond donors (Lipinski definition) is 3. The Morgan fingerprint density at radius 2 is 0.520 bits per heavy atom. The van der Waals surface area contributed by atoms with Crippen LogP contribution in [0.5, 0.6) is 0 Å². The Hall–Kier alpha value is -5.40. The Bertz CT molecular complexity index is 3050. The van der Waals surface area contributed by atoms with E-state index in [1.165, 1.54) is 0 Å². The van der Waals surface area contributed by atoms with Crippen molar-refractivity contribution in [3.63, 3.8) is 0 Å². The van der Waals surface area contributed by atoms with Gasteiger partial charge in [0.25, 0.3) is 0 Å². The molecule has 0 aliphatic heterocycles. The molecule has 1 rings (SSSR count). The number of halogens is 53. The van der Waals surface area contributed by atoms with Gasteiger partial charge in [0.05, 0.1) is 0 Å². The minimum Gasteiger partial charge on any atom is -0.422 e. The fourth-order valence-electron chi connectivity index (χ4n) is 5.72. The molecule has 0 bridgehead atoms. The first-order chi connectivity index (χ1) is 43.8. The number of ether oxygens (including phenoxy) is 8. The zero-order valence-corrected chi connectivity index (χ0v) is 44.4. The molecule has 8 atom stereocenters. The van der Waals surface area contributed by atoms with Crippen molar-refractivity contribution in [1.82, 2.24) is 5.48 Å². The van der Waals surface area contributed by atoms with Crippen molar-refractivity contribution in [3.8, 4) is 0 Å². The molecule has 0 aromatic heterocycles. The van der Waals surface area contributed by atoms with Gasteiger partial charge in [-0.2, -0.15) is 233 Å². The molecule has 13 nitrogen and oxygen atoms in total. The highest BCUT2D eigenvalue weighted by Crippen LogP contribution is 2.66. The molecule has 0 radical (unpaired) electrons. The van der Waals surface area contributed by atoms with Crippen LogP contribution in [0.25, 0.3) is 0 Å². The molecule has 0 aliphatic rings. The van der Waals surface area contributed by atoms with Crippen LogP contribution in [-0.2, 0) is 53.3 Å². The summed E-state index contributed by atoms with van der Waals surface area (Å²) in [5.74, 6) is -87.9. The minimum absolute atomic E-state index is 0.111. The molecule has 1 aromatic carbocycles. The average Bonchev–Trinajstić information content (AvgIpc) is 0.710. The second-order valence-corrected chi connectivity index (χ2v) is 17.9. The van der Waals surface area contributed by atoms with Gasteiger partial charge in [-0.3, -0.25) is 47.4 Å². The smallest absolute Gasteiger partial charge is 0.422 e. The van der Waals surface area contributed by atoms with E-state index >= 15 is 52.7 Å². The molecule has 0 saturated heterocycles. The predicted octanol–water partition coefficient (Wildman–Crippen LogP) is 15.1. The number of nitrogens with one attached hydrogen (secondary N) is 1. The summed E-state index contributed by atoms with van der Waals surface area (Å²) < 4.78 is 760. The number of nitrogens with two attached hydrogens (primary N) is 1. The summed E-state index contributed by atoms with van der Waals surface area (Å²) in [5.41, 5.74) is 0.183. The number of hydrogen-bond acceptors (Lipinski definition) is 12. The van der Waals surface area contributed by atoms with Gasteiger partial charge in [0.1, 0.15) is 0 Å². The maximum absolute atomic E-state index is 15.8. The van der Waals surface area contributed by atoms with Crippen LogP contribution in [0.3, 0.4) is 0 Å². The van der Waals surface area contributed by atoms with Gasteiger partial charge in [0, 0.05) is 18.5 Å². The largest absolute Gasteiger partial charge is 0.514 e. The molecular formula is C35H12BF53N2O11. The lowest BCUT2D eigenvalue weighted by atomic mass is 9.75. The van der Waals surface area contributed by atoms with Crippen LogP contribution >= 0.6 is 0 Å². The van der Waals surface area contributed by atoms with Crippen LogP contribution in [0.2, 0.25) is 0 Å². The topological polar surface area (TPSA) is 158 Å². The summed E-state index contributed by atoms with van der Waals surface area (Å²) >= 11 is 0. The Morgan fingerprint density at radius 1 is 0.314 bits per heavy atom. The molecule has 0 spiro atoms. The number of benzene rings is 1. The predicted molar refractivity (Wildman–Crippen MR) is 194 cm³/mol. The van der Waals surface area contributed by atoms with Crippen molar-refractivity contribution in [2.24, 2.45) is 5.73 Å². The zero-order valence-electron chi connectivity index (χ0n) is 44.4. The first kappa shape index (κ1) is 94.6. The Balaban J connectivity index is 4.48. The van der Waals surface area contributed by atoms with Gasteiger partial charge in [-0.05, 0) is 5.46 Å². The molecule has 1 amide bonds. The monoisotopic (exact) mass is 1650 g/mol. The van der Waals surface area contributed by atoms with Crippen molar-refractivity contribution < 1.29 is 285 Å². The first-order valence-electron chi connectivity index (χ1n) is 22.3. The number of rotatable bonds is 30. The van der Waals surface area contributed by atoms with E-state index in [1.807, 2.05) is 4.74 Å². The number of carbonyl (C=O) groups excluding carboxylic acids is 1.